The molecule has 3 aromatic rings. The summed E-state index contributed by atoms with van der Waals surface area (Å²) in [7, 11) is 0. The molecule has 0 amide bonds. The summed E-state index contributed by atoms with van der Waals surface area (Å²) < 4.78 is 1.89. The van der Waals surface area contributed by atoms with Gasteiger partial charge < -0.3 is 5.32 Å². The van der Waals surface area contributed by atoms with Crippen LogP contribution < -0.4 is 5.32 Å². The summed E-state index contributed by atoms with van der Waals surface area (Å²) >= 11 is 6.03. The molecular formula is C16H15ClN6. The smallest absolute Gasteiger partial charge is 0.210 e. The third-order valence-electron chi connectivity index (χ3n) is 3.39. The van der Waals surface area contributed by atoms with E-state index in [-0.39, 0.29) is 0 Å². The second-order valence-electron chi connectivity index (χ2n) is 5.19. The molecule has 3 aromatic heterocycles. The Kier molecular flexibility index (Phi) is 4.40. The van der Waals surface area contributed by atoms with E-state index in [1.54, 1.807) is 18.3 Å². The predicted molar refractivity (Wildman–Crippen MR) is 88.5 cm³/mol. The zero-order chi connectivity index (χ0) is 16.2. The summed E-state index contributed by atoms with van der Waals surface area (Å²) in [5.41, 5.74) is 3.24. The maximum Gasteiger partial charge on any atom is 0.210 e. The monoisotopic (exact) mass is 326 g/mol. The molecule has 0 atom stereocenters. The largest absolute Gasteiger partial charge is 0.355 e. The summed E-state index contributed by atoms with van der Waals surface area (Å²) in [5.74, 6) is 0.681. The Bertz CT molecular complexity index is 863. The van der Waals surface area contributed by atoms with E-state index in [9.17, 15) is 0 Å². The molecule has 0 bridgehead atoms. The third kappa shape index (κ3) is 3.58. The molecule has 7 heteroatoms. The number of pyridine rings is 1. The number of hydrogen-bond donors (Lipinski definition) is 1. The molecule has 1 N–H and O–H groups in total. The molecule has 0 aliphatic heterocycles. The first-order valence-corrected chi connectivity index (χ1v) is 7.64. The SMILES string of the molecule is Cc1cn2c(NCCCc3ccc(C#N)cn3)nc(Cl)cc2n1. The van der Waals surface area contributed by atoms with Crippen molar-refractivity contribution in [2.45, 2.75) is 19.8 Å². The van der Waals surface area contributed by atoms with Gasteiger partial charge in [0.15, 0.2) is 0 Å². The van der Waals surface area contributed by atoms with E-state index in [2.05, 4.69) is 26.3 Å². The fourth-order valence-corrected chi connectivity index (χ4v) is 2.49. The van der Waals surface area contributed by atoms with Crippen LogP contribution in [0.1, 0.15) is 23.4 Å². The highest BCUT2D eigenvalue weighted by molar-refractivity contribution is 6.29. The van der Waals surface area contributed by atoms with Crippen molar-refractivity contribution in [2.75, 3.05) is 11.9 Å². The van der Waals surface area contributed by atoms with Crippen LogP contribution in [0.2, 0.25) is 5.15 Å². The standard InChI is InChI=1S/C16H15ClN6/c1-11-10-23-15(21-11)7-14(17)22-16(23)19-6-2-3-13-5-4-12(8-18)9-20-13/h4-5,7,9-10H,2-3,6H2,1H3,(H,19,22). The van der Waals surface area contributed by atoms with Crippen molar-refractivity contribution in [3.63, 3.8) is 0 Å². The van der Waals surface area contributed by atoms with Crippen molar-refractivity contribution in [1.29, 1.82) is 5.26 Å². The fourth-order valence-electron chi connectivity index (χ4n) is 2.31. The zero-order valence-electron chi connectivity index (χ0n) is 12.6. The fraction of sp³-hybridized carbons (Fsp3) is 0.250. The van der Waals surface area contributed by atoms with Gasteiger partial charge in [0.2, 0.25) is 5.95 Å². The van der Waals surface area contributed by atoms with E-state index in [0.717, 1.165) is 36.4 Å². The Morgan fingerprint density at radius 3 is 2.96 bits per heavy atom. The molecule has 3 rings (SSSR count). The van der Waals surface area contributed by atoms with E-state index < -0.39 is 0 Å². The number of anilines is 1. The Hall–Kier alpha value is -2.65. The molecule has 0 radical (unpaired) electrons. The van der Waals surface area contributed by atoms with Gasteiger partial charge in [-0.2, -0.15) is 5.26 Å². The lowest BCUT2D eigenvalue weighted by Gasteiger charge is -2.08. The predicted octanol–water partition coefficient (Wildman–Crippen LogP) is 3.00. The van der Waals surface area contributed by atoms with Crippen molar-refractivity contribution < 1.29 is 0 Å². The molecule has 3 heterocycles. The van der Waals surface area contributed by atoms with Crippen molar-refractivity contribution in [2.24, 2.45) is 0 Å². The molecule has 116 valence electrons. The second kappa shape index (κ2) is 6.63. The minimum absolute atomic E-state index is 0.416. The third-order valence-corrected chi connectivity index (χ3v) is 3.58. The van der Waals surface area contributed by atoms with Gasteiger partial charge in [-0.15, -0.1) is 0 Å². The maximum atomic E-state index is 8.75. The summed E-state index contributed by atoms with van der Waals surface area (Å²) in [6, 6.07) is 7.47. The highest BCUT2D eigenvalue weighted by atomic mass is 35.5. The molecule has 23 heavy (non-hydrogen) atoms. The van der Waals surface area contributed by atoms with Crippen molar-refractivity contribution in [1.82, 2.24) is 19.4 Å². The quantitative estimate of drug-likeness (QED) is 0.576. The first-order valence-electron chi connectivity index (χ1n) is 7.27. The average Bonchev–Trinajstić information content (AvgIpc) is 2.92. The molecule has 0 aliphatic rings. The van der Waals surface area contributed by atoms with E-state index in [4.69, 9.17) is 16.9 Å². The van der Waals surface area contributed by atoms with Crippen molar-refractivity contribution in [3.8, 4) is 6.07 Å². The van der Waals surface area contributed by atoms with E-state index in [1.165, 1.54) is 0 Å². The number of nitrogens with one attached hydrogen (secondary N) is 1. The summed E-state index contributed by atoms with van der Waals surface area (Å²) in [6.45, 7) is 2.67. The topological polar surface area (TPSA) is 78.9 Å². The van der Waals surface area contributed by atoms with Gasteiger partial charge in [-0.3, -0.25) is 9.38 Å². The van der Waals surface area contributed by atoms with Crippen LogP contribution in [0.25, 0.3) is 5.65 Å². The number of aromatic nitrogens is 4. The highest BCUT2D eigenvalue weighted by Crippen LogP contribution is 2.16. The van der Waals surface area contributed by atoms with Gasteiger partial charge in [0.1, 0.15) is 16.9 Å². The number of halogens is 1. The van der Waals surface area contributed by atoms with Crippen LogP contribution in [-0.2, 0) is 6.42 Å². The second-order valence-corrected chi connectivity index (χ2v) is 5.58. The van der Waals surface area contributed by atoms with Crippen LogP contribution in [0.5, 0.6) is 0 Å². The van der Waals surface area contributed by atoms with Gasteiger partial charge in [-0.1, -0.05) is 11.6 Å². The number of nitriles is 1. The minimum Gasteiger partial charge on any atom is -0.355 e. The van der Waals surface area contributed by atoms with Crippen LogP contribution in [0, 0.1) is 18.3 Å². The van der Waals surface area contributed by atoms with Gasteiger partial charge in [0.25, 0.3) is 0 Å². The molecule has 0 aromatic carbocycles. The number of hydrogen-bond acceptors (Lipinski definition) is 5. The van der Waals surface area contributed by atoms with Crippen LogP contribution in [-0.4, -0.2) is 25.9 Å². The van der Waals surface area contributed by atoms with Crippen LogP contribution >= 0.6 is 11.6 Å². The van der Waals surface area contributed by atoms with Gasteiger partial charge >= 0.3 is 0 Å². The average molecular weight is 327 g/mol. The lowest BCUT2D eigenvalue weighted by atomic mass is 10.2. The molecule has 0 unspecified atom stereocenters. The van der Waals surface area contributed by atoms with Crippen molar-refractivity contribution in [3.05, 3.63) is 52.7 Å². The van der Waals surface area contributed by atoms with Crippen LogP contribution in [0.15, 0.2) is 30.6 Å². The zero-order valence-corrected chi connectivity index (χ0v) is 13.4. The van der Waals surface area contributed by atoms with Crippen molar-refractivity contribution >= 4 is 23.2 Å². The van der Waals surface area contributed by atoms with E-state index in [0.29, 0.717) is 16.7 Å². The normalized spacial score (nSPS) is 10.7. The van der Waals surface area contributed by atoms with Crippen LogP contribution in [0.3, 0.4) is 0 Å². The van der Waals surface area contributed by atoms with Crippen LogP contribution in [0.4, 0.5) is 5.95 Å². The Balaban J connectivity index is 1.61. The Morgan fingerprint density at radius 1 is 1.35 bits per heavy atom. The van der Waals surface area contributed by atoms with Gasteiger partial charge in [-0.05, 0) is 31.9 Å². The lowest BCUT2D eigenvalue weighted by Crippen LogP contribution is -2.09. The number of rotatable bonds is 5. The summed E-state index contributed by atoms with van der Waals surface area (Å²) in [6.07, 6.45) is 5.23. The molecular weight excluding hydrogens is 312 g/mol. The first kappa shape index (κ1) is 15.3. The van der Waals surface area contributed by atoms with Gasteiger partial charge in [-0.25, -0.2) is 9.97 Å². The maximum absolute atomic E-state index is 8.75. The number of imidazole rings is 1. The Morgan fingerprint density at radius 2 is 2.22 bits per heavy atom. The lowest BCUT2D eigenvalue weighted by molar-refractivity contribution is 0.825. The molecule has 0 spiro atoms. The number of nitrogens with zero attached hydrogens (tertiary/aromatic N) is 5. The van der Waals surface area contributed by atoms with Gasteiger partial charge in [0.05, 0.1) is 11.3 Å². The summed E-state index contributed by atoms with van der Waals surface area (Å²) in [4.78, 5) is 13.0. The highest BCUT2D eigenvalue weighted by Gasteiger charge is 2.06. The molecule has 0 aliphatic carbocycles. The minimum atomic E-state index is 0.416. The number of fused-ring (bicyclic) bond motifs is 1. The first-order chi connectivity index (χ1) is 11.2. The molecule has 0 saturated carbocycles. The Labute approximate surface area is 138 Å². The summed E-state index contributed by atoms with van der Waals surface area (Å²) in [5, 5.41) is 12.5. The molecule has 0 saturated heterocycles. The van der Waals surface area contributed by atoms with E-state index in [1.807, 2.05) is 23.6 Å². The molecule has 0 fully saturated rings. The number of aryl methyl sites for hydroxylation is 2. The van der Waals surface area contributed by atoms with E-state index >= 15 is 0 Å². The van der Waals surface area contributed by atoms with Gasteiger partial charge in [0, 0.05) is 30.7 Å². The molecule has 6 nitrogen and oxygen atoms in total.